The molecular weight excluding hydrogens is 780 g/mol. The van der Waals surface area contributed by atoms with Crippen LogP contribution in [-0.4, -0.2) is 93.1 Å². The Morgan fingerprint density at radius 3 is 2.64 bits per heavy atom. The molecule has 14 nitrogen and oxygen atoms in total. The molecule has 58 heavy (non-hydrogen) atoms. The monoisotopic (exact) mass is 836 g/mol. The second-order valence-corrected chi connectivity index (χ2v) is 19.9. The minimum atomic E-state index is -3.84. The standard InChI is InChI=1S/C42H57N6O8PS/c1-5-19-57(52,53)42-23-27(42)13-9-7-6-8-10-16-32(46-41(51)56-28-14-11-12-15-28)39(50)48-24-30(21-36(48)38(49)47-42)55-37-22-34(35-25-58-40(45-35)43-26(2)3)44-33-20-29(54-4)17-18-31(33)37/h9,13,17-18,20,22,25-28,30,32,36H,5-8,10-12,14-16,19,21,23-24H2,1-4H3,(H,43,45)(H,46,51)(H,47,49)(H,52,53)/t27-,30-,32+,36+,42+/m1/s1. The van der Waals surface area contributed by atoms with E-state index in [1.54, 1.807) is 7.11 Å². The van der Waals surface area contributed by atoms with Gasteiger partial charge in [-0.1, -0.05) is 31.9 Å². The molecule has 2 saturated carbocycles. The summed E-state index contributed by atoms with van der Waals surface area (Å²) in [5.41, 5.74) is 1.86. The SMILES string of the molecule is CCCP(=O)(O)[C@@]12C[C@H]1C=CCCCCC[C@H](NC(=O)OC1CCCC1)C(=O)N1C[C@H](Oc3cc(-c4csc(NC(C)C)n4)nc4cc(OC)ccc34)C[C@H]1C(=O)N2. The van der Waals surface area contributed by atoms with Gasteiger partial charge in [0, 0.05) is 47.4 Å². The van der Waals surface area contributed by atoms with Crippen LogP contribution in [0.2, 0.25) is 0 Å². The Morgan fingerprint density at radius 2 is 1.88 bits per heavy atom. The number of ether oxygens (including phenoxy) is 3. The third-order valence-electron chi connectivity index (χ3n) is 11.7. The van der Waals surface area contributed by atoms with E-state index >= 15 is 0 Å². The average molecular weight is 837 g/mol. The summed E-state index contributed by atoms with van der Waals surface area (Å²) in [6.45, 7) is 5.99. The van der Waals surface area contributed by atoms with Gasteiger partial charge in [-0.05, 0) is 83.8 Å². The highest BCUT2D eigenvalue weighted by Gasteiger charge is 2.65. The molecule has 7 rings (SSSR count). The van der Waals surface area contributed by atoms with E-state index in [0.29, 0.717) is 59.5 Å². The lowest BCUT2D eigenvalue weighted by Crippen LogP contribution is -2.55. The van der Waals surface area contributed by atoms with Crippen LogP contribution in [-0.2, 0) is 18.9 Å². The Labute approximate surface area is 344 Å². The summed E-state index contributed by atoms with van der Waals surface area (Å²) in [6.07, 6.45) is 10.6. The zero-order valence-electron chi connectivity index (χ0n) is 33.9. The van der Waals surface area contributed by atoms with E-state index < -0.39 is 48.7 Å². The summed E-state index contributed by atoms with van der Waals surface area (Å²) >= 11 is 1.48. The first kappa shape index (κ1) is 41.9. The van der Waals surface area contributed by atoms with Gasteiger partial charge in [0.15, 0.2) is 5.13 Å². The molecule has 3 amide bonds. The molecule has 4 N–H and O–H groups in total. The molecule has 4 heterocycles. The zero-order valence-corrected chi connectivity index (χ0v) is 35.6. The van der Waals surface area contributed by atoms with E-state index in [0.717, 1.165) is 50.1 Å². The van der Waals surface area contributed by atoms with Crippen molar-refractivity contribution in [2.45, 2.75) is 133 Å². The third-order valence-corrected chi connectivity index (χ3v) is 15.4. The van der Waals surface area contributed by atoms with Crippen LogP contribution in [0.3, 0.4) is 0 Å². The van der Waals surface area contributed by atoms with Crippen LogP contribution in [0.15, 0.2) is 41.8 Å². The number of fused-ring (bicyclic) bond motifs is 3. The van der Waals surface area contributed by atoms with Gasteiger partial charge in [-0.15, -0.1) is 11.3 Å². The van der Waals surface area contributed by atoms with Gasteiger partial charge in [-0.2, -0.15) is 0 Å². The molecule has 16 heteroatoms. The van der Waals surface area contributed by atoms with E-state index in [1.165, 1.54) is 16.2 Å². The van der Waals surface area contributed by atoms with E-state index in [-0.39, 0.29) is 37.2 Å². The minimum Gasteiger partial charge on any atom is -0.497 e. The number of rotatable bonds is 11. The minimum absolute atomic E-state index is 0.0450. The Morgan fingerprint density at radius 1 is 1.09 bits per heavy atom. The number of aromatic nitrogens is 2. The van der Waals surface area contributed by atoms with Gasteiger partial charge in [0.25, 0.3) is 0 Å². The van der Waals surface area contributed by atoms with Crippen LogP contribution >= 0.6 is 18.7 Å². The van der Waals surface area contributed by atoms with Crippen molar-refractivity contribution in [2.75, 3.05) is 25.1 Å². The molecule has 1 saturated heterocycles. The fraction of sp³-hybridized carbons (Fsp3) is 0.595. The average Bonchev–Trinajstić information content (AvgIpc) is 3.60. The third kappa shape index (κ3) is 9.31. The van der Waals surface area contributed by atoms with Crippen LogP contribution in [0.4, 0.5) is 9.93 Å². The van der Waals surface area contributed by atoms with Gasteiger partial charge in [0.2, 0.25) is 19.2 Å². The van der Waals surface area contributed by atoms with E-state index in [4.69, 9.17) is 24.2 Å². The second-order valence-electron chi connectivity index (χ2n) is 16.4. The van der Waals surface area contributed by atoms with Crippen LogP contribution < -0.4 is 25.4 Å². The lowest BCUT2D eigenvalue weighted by molar-refractivity contribution is -0.140. The number of benzene rings is 1. The smallest absolute Gasteiger partial charge is 0.408 e. The molecule has 2 aliphatic heterocycles. The van der Waals surface area contributed by atoms with E-state index in [1.807, 2.05) is 62.6 Å². The largest absolute Gasteiger partial charge is 0.497 e. The number of hydrogen-bond acceptors (Lipinski definition) is 11. The van der Waals surface area contributed by atoms with Crippen molar-refractivity contribution in [3.05, 3.63) is 41.8 Å². The lowest BCUT2D eigenvalue weighted by Gasteiger charge is -2.31. The Kier molecular flexibility index (Phi) is 13.0. The van der Waals surface area contributed by atoms with Crippen LogP contribution in [0.5, 0.6) is 11.5 Å². The highest BCUT2D eigenvalue weighted by Crippen LogP contribution is 2.69. The number of nitrogens with one attached hydrogen (secondary N) is 3. The van der Waals surface area contributed by atoms with Gasteiger partial charge < -0.3 is 40.0 Å². The van der Waals surface area contributed by atoms with Crippen LogP contribution in [0.1, 0.15) is 97.8 Å². The normalized spacial score (nSPS) is 26.6. The van der Waals surface area contributed by atoms with Gasteiger partial charge in [-0.3, -0.25) is 14.2 Å². The Bertz CT molecular complexity index is 2050. The number of anilines is 1. The fourth-order valence-electron chi connectivity index (χ4n) is 8.57. The number of methoxy groups -OCH3 is 1. The van der Waals surface area contributed by atoms with Crippen molar-refractivity contribution >= 4 is 52.6 Å². The quantitative estimate of drug-likeness (QED) is 0.110. The fourth-order valence-corrected chi connectivity index (χ4v) is 11.8. The molecule has 0 bridgehead atoms. The molecule has 2 aliphatic carbocycles. The number of amides is 3. The summed E-state index contributed by atoms with van der Waals surface area (Å²) in [5, 5.41) is 11.3. The Hall–Kier alpha value is -4.20. The summed E-state index contributed by atoms with van der Waals surface area (Å²) in [5.74, 6) is -0.102. The summed E-state index contributed by atoms with van der Waals surface area (Å²) < 4.78 is 32.0. The topological polar surface area (TPSA) is 181 Å². The summed E-state index contributed by atoms with van der Waals surface area (Å²) in [7, 11) is -2.25. The number of pyridine rings is 1. The first-order chi connectivity index (χ1) is 27.9. The zero-order chi connectivity index (χ0) is 41.0. The maximum atomic E-state index is 14.7. The molecule has 0 spiro atoms. The van der Waals surface area contributed by atoms with Gasteiger partial charge in [-0.25, -0.2) is 14.8 Å². The number of carbonyl (C=O) groups is 3. The van der Waals surface area contributed by atoms with Gasteiger partial charge in [0.1, 0.15) is 46.8 Å². The first-order valence-electron chi connectivity index (χ1n) is 20.9. The van der Waals surface area contributed by atoms with Crippen molar-refractivity contribution < 1.29 is 38.1 Å². The molecular formula is C42H57N6O8PS. The molecule has 3 aromatic rings. The van der Waals surface area contributed by atoms with Crippen molar-refractivity contribution in [1.82, 2.24) is 25.5 Å². The summed E-state index contributed by atoms with van der Waals surface area (Å²) in [6, 6.07) is 5.57. The molecule has 0 radical (unpaired) electrons. The first-order valence-corrected chi connectivity index (χ1v) is 23.6. The predicted molar refractivity (Wildman–Crippen MR) is 225 cm³/mol. The van der Waals surface area contributed by atoms with Gasteiger partial charge in [0.05, 0.1) is 24.9 Å². The van der Waals surface area contributed by atoms with E-state index in [2.05, 4.69) is 16.0 Å². The molecule has 1 unspecified atom stereocenters. The van der Waals surface area contributed by atoms with E-state index in [9.17, 15) is 23.8 Å². The van der Waals surface area contributed by atoms with Crippen LogP contribution in [0, 0.1) is 5.92 Å². The van der Waals surface area contributed by atoms with Crippen molar-refractivity contribution in [1.29, 1.82) is 0 Å². The lowest BCUT2D eigenvalue weighted by atomic mass is 10.0. The molecule has 1 aromatic carbocycles. The van der Waals surface area contributed by atoms with Crippen LogP contribution in [0.25, 0.3) is 22.3 Å². The molecule has 3 fully saturated rings. The Balaban J connectivity index is 1.22. The summed E-state index contributed by atoms with van der Waals surface area (Å²) in [4.78, 5) is 65.1. The number of alkyl carbamates (subject to hydrolysis) is 1. The molecule has 314 valence electrons. The van der Waals surface area contributed by atoms with Crippen molar-refractivity contribution in [2.24, 2.45) is 5.92 Å². The number of nitrogens with zero attached hydrogens (tertiary/aromatic N) is 3. The predicted octanol–water partition coefficient (Wildman–Crippen LogP) is 7.61. The highest BCUT2D eigenvalue weighted by molar-refractivity contribution is 7.60. The number of allylic oxidation sites excluding steroid dienone is 1. The van der Waals surface area contributed by atoms with Crippen molar-refractivity contribution in [3.8, 4) is 22.9 Å². The highest BCUT2D eigenvalue weighted by atomic mass is 32.1. The molecule has 2 aromatic heterocycles. The number of carbonyl (C=O) groups excluding carboxylic acids is 3. The maximum absolute atomic E-state index is 14.7. The molecule has 6 atom stereocenters. The van der Waals surface area contributed by atoms with Crippen molar-refractivity contribution in [3.63, 3.8) is 0 Å². The second kappa shape index (κ2) is 18.0. The number of thiazole rings is 1. The molecule has 4 aliphatic rings. The number of hydrogen-bond donors (Lipinski definition) is 4. The maximum Gasteiger partial charge on any atom is 0.408 e. The van der Waals surface area contributed by atoms with Gasteiger partial charge >= 0.3 is 6.09 Å².